The third-order valence-corrected chi connectivity index (χ3v) is 2.86. The van der Waals surface area contributed by atoms with Crippen LogP contribution in [0.15, 0.2) is 37.2 Å². The molecule has 3 nitrogen and oxygen atoms in total. The normalized spacial score (nSPS) is 11.4. The molecule has 0 bridgehead atoms. The standard InChI is InChI=1S/C15H15F3N2O/c1-3-7-20-10-12(9-19-20)13-8-11(4-2)5-6-14(13)21-15(16,17)18/h4-6,8-10H,2-3,7H2,1H3. The number of ether oxygens (including phenoxy) is 1. The van der Waals surface area contributed by atoms with Crippen molar-refractivity contribution in [2.75, 3.05) is 0 Å². The third-order valence-electron chi connectivity index (χ3n) is 2.86. The molecule has 0 fully saturated rings. The van der Waals surface area contributed by atoms with E-state index < -0.39 is 6.36 Å². The zero-order chi connectivity index (χ0) is 15.5. The van der Waals surface area contributed by atoms with E-state index in [9.17, 15) is 13.2 Å². The van der Waals surface area contributed by atoms with Crippen molar-refractivity contribution in [3.8, 4) is 16.9 Å². The number of aromatic nitrogens is 2. The molecule has 2 aromatic rings. The van der Waals surface area contributed by atoms with Crippen molar-refractivity contribution in [1.82, 2.24) is 9.78 Å². The lowest BCUT2D eigenvalue weighted by molar-refractivity contribution is -0.274. The summed E-state index contributed by atoms with van der Waals surface area (Å²) in [4.78, 5) is 0. The smallest absolute Gasteiger partial charge is 0.405 e. The van der Waals surface area contributed by atoms with Crippen molar-refractivity contribution in [3.63, 3.8) is 0 Å². The second-order valence-electron chi connectivity index (χ2n) is 4.50. The van der Waals surface area contributed by atoms with E-state index in [0.717, 1.165) is 6.42 Å². The van der Waals surface area contributed by atoms with Gasteiger partial charge < -0.3 is 4.74 Å². The van der Waals surface area contributed by atoms with Gasteiger partial charge in [0, 0.05) is 23.9 Å². The maximum atomic E-state index is 12.5. The Morgan fingerprint density at radius 1 is 1.38 bits per heavy atom. The maximum Gasteiger partial charge on any atom is 0.573 e. The van der Waals surface area contributed by atoms with Crippen LogP contribution in [-0.2, 0) is 6.54 Å². The van der Waals surface area contributed by atoms with Crippen molar-refractivity contribution >= 4 is 6.08 Å². The summed E-state index contributed by atoms with van der Waals surface area (Å²) in [5.74, 6) is -0.246. The summed E-state index contributed by atoms with van der Waals surface area (Å²) in [7, 11) is 0. The van der Waals surface area contributed by atoms with Crippen LogP contribution in [-0.4, -0.2) is 16.1 Å². The van der Waals surface area contributed by atoms with Crippen molar-refractivity contribution in [3.05, 3.63) is 42.7 Å². The minimum absolute atomic E-state index is 0.246. The molecule has 0 aliphatic carbocycles. The van der Waals surface area contributed by atoms with E-state index in [1.165, 1.54) is 18.3 Å². The van der Waals surface area contributed by atoms with Gasteiger partial charge in [0.15, 0.2) is 0 Å². The van der Waals surface area contributed by atoms with Crippen LogP contribution in [0.3, 0.4) is 0 Å². The van der Waals surface area contributed by atoms with Gasteiger partial charge in [0.1, 0.15) is 5.75 Å². The molecule has 0 aliphatic heterocycles. The zero-order valence-electron chi connectivity index (χ0n) is 11.5. The van der Waals surface area contributed by atoms with Gasteiger partial charge in [0.05, 0.1) is 6.20 Å². The number of halogens is 3. The van der Waals surface area contributed by atoms with Crippen LogP contribution in [0.25, 0.3) is 17.2 Å². The van der Waals surface area contributed by atoms with E-state index in [1.54, 1.807) is 23.0 Å². The van der Waals surface area contributed by atoms with Crippen LogP contribution in [0, 0.1) is 0 Å². The molecular weight excluding hydrogens is 281 g/mol. The molecule has 0 spiro atoms. The summed E-state index contributed by atoms with van der Waals surface area (Å²) in [5.41, 5.74) is 1.63. The molecule has 0 saturated heterocycles. The number of alkyl halides is 3. The average Bonchev–Trinajstić information content (AvgIpc) is 2.86. The monoisotopic (exact) mass is 296 g/mol. The Balaban J connectivity index is 2.44. The molecule has 0 saturated carbocycles. The number of benzene rings is 1. The number of rotatable bonds is 5. The number of hydrogen-bond donors (Lipinski definition) is 0. The minimum Gasteiger partial charge on any atom is -0.405 e. The van der Waals surface area contributed by atoms with Crippen LogP contribution in [0.1, 0.15) is 18.9 Å². The van der Waals surface area contributed by atoms with Crippen molar-refractivity contribution in [1.29, 1.82) is 0 Å². The molecule has 1 heterocycles. The van der Waals surface area contributed by atoms with Gasteiger partial charge in [-0.25, -0.2) is 0 Å². The van der Waals surface area contributed by atoms with Crippen molar-refractivity contribution < 1.29 is 17.9 Å². The Labute approximate surface area is 120 Å². The molecular formula is C15H15F3N2O. The number of aryl methyl sites for hydroxylation is 1. The lowest BCUT2D eigenvalue weighted by atomic mass is 10.0. The summed E-state index contributed by atoms with van der Waals surface area (Å²) < 4.78 is 43.2. The van der Waals surface area contributed by atoms with E-state index in [-0.39, 0.29) is 5.75 Å². The van der Waals surface area contributed by atoms with Gasteiger partial charge in [-0.05, 0) is 24.1 Å². The lowest BCUT2D eigenvalue weighted by Gasteiger charge is -2.13. The van der Waals surface area contributed by atoms with Crippen LogP contribution in [0.4, 0.5) is 13.2 Å². The lowest BCUT2D eigenvalue weighted by Crippen LogP contribution is -2.17. The highest BCUT2D eigenvalue weighted by molar-refractivity contribution is 5.72. The predicted octanol–water partition coefficient (Wildman–Crippen LogP) is 4.50. The predicted molar refractivity (Wildman–Crippen MR) is 74.7 cm³/mol. The van der Waals surface area contributed by atoms with Crippen LogP contribution in [0.2, 0.25) is 0 Å². The summed E-state index contributed by atoms with van der Waals surface area (Å²) in [5, 5.41) is 4.13. The van der Waals surface area contributed by atoms with Crippen LogP contribution >= 0.6 is 0 Å². The first-order chi connectivity index (χ1) is 9.93. The molecule has 112 valence electrons. The molecule has 0 radical (unpaired) electrons. The molecule has 0 atom stereocenters. The Kier molecular flexibility index (Phi) is 4.35. The van der Waals surface area contributed by atoms with Gasteiger partial charge in [-0.3, -0.25) is 4.68 Å². The van der Waals surface area contributed by atoms with E-state index in [2.05, 4.69) is 16.4 Å². The minimum atomic E-state index is -4.73. The quantitative estimate of drug-likeness (QED) is 0.812. The third kappa shape index (κ3) is 3.87. The first kappa shape index (κ1) is 15.2. The van der Waals surface area contributed by atoms with Crippen molar-refractivity contribution in [2.45, 2.75) is 26.3 Å². The molecule has 21 heavy (non-hydrogen) atoms. The summed E-state index contributed by atoms with van der Waals surface area (Å²) in [6, 6.07) is 4.41. The maximum absolute atomic E-state index is 12.5. The highest BCUT2D eigenvalue weighted by Crippen LogP contribution is 2.34. The Morgan fingerprint density at radius 2 is 2.14 bits per heavy atom. The fourth-order valence-corrected chi connectivity index (χ4v) is 1.97. The van der Waals surface area contributed by atoms with Gasteiger partial charge in [-0.2, -0.15) is 5.10 Å². The zero-order valence-corrected chi connectivity index (χ0v) is 11.5. The Bertz CT molecular complexity index is 632. The van der Waals surface area contributed by atoms with E-state index in [0.29, 0.717) is 23.2 Å². The van der Waals surface area contributed by atoms with E-state index in [1.807, 2.05) is 6.92 Å². The second-order valence-corrected chi connectivity index (χ2v) is 4.50. The number of hydrogen-bond acceptors (Lipinski definition) is 2. The van der Waals surface area contributed by atoms with Gasteiger partial charge in [-0.15, -0.1) is 13.2 Å². The van der Waals surface area contributed by atoms with Gasteiger partial charge in [-0.1, -0.05) is 25.6 Å². The molecule has 6 heteroatoms. The summed E-state index contributed by atoms with van der Waals surface area (Å²) >= 11 is 0. The molecule has 0 aliphatic rings. The average molecular weight is 296 g/mol. The molecule has 1 aromatic carbocycles. The summed E-state index contributed by atoms with van der Waals surface area (Å²) in [6.07, 6.45) is 0.955. The largest absolute Gasteiger partial charge is 0.573 e. The van der Waals surface area contributed by atoms with Gasteiger partial charge in [0.25, 0.3) is 0 Å². The molecule has 0 amide bonds. The first-order valence-corrected chi connectivity index (χ1v) is 6.48. The number of nitrogens with zero attached hydrogens (tertiary/aromatic N) is 2. The Hall–Kier alpha value is -2.24. The van der Waals surface area contributed by atoms with E-state index in [4.69, 9.17) is 0 Å². The fourth-order valence-electron chi connectivity index (χ4n) is 1.97. The Morgan fingerprint density at radius 3 is 2.76 bits per heavy atom. The van der Waals surface area contributed by atoms with Crippen molar-refractivity contribution in [2.24, 2.45) is 0 Å². The van der Waals surface area contributed by atoms with E-state index >= 15 is 0 Å². The van der Waals surface area contributed by atoms with Gasteiger partial charge >= 0.3 is 6.36 Å². The second kappa shape index (κ2) is 6.03. The molecule has 0 N–H and O–H groups in total. The summed E-state index contributed by atoms with van der Waals surface area (Å²) in [6.45, 7) is 6.32. The van der Waals surface area contributed by atoms with Crippen LogP contribution < -0.4 is 4.74 Å². The molecule has 1 aromatic heterocycles. The fraction of sp³-hybridized carbons (Fsp3) is 0.267. The van der Waals surface area contributed by atoms with Crippen LogP contribution in [0.5, 0.6) is 5.75 Å². The van der Waals surface area contributed by atoms with Gasteiger partial charge in [0.2, 0.25) is 0 Å². The topological polar surface area (TPSA) is 27.1 Å². The SMILES string of the molecule is C=Cc1ccc(OC(F)(F)F)c(-c2cnn(CCC)c2)c1. The highest BCUT2D eigenvalue weighted by Gasteiger charge is 2.32. The first-order valence-electron chi connectivity index (χ1n) is 6.48. The molecule has 0 unspecified atom stereocenters. The molecule has 2 rings (SSSR count). The highest BCUT2D eigenvalue weighted by atomic mass is 19.4.